The maximum atomic E-state index is 14.7. The van der Waals surface area contributed by atoms with Gasteiger partial charge in [-0.2, -0.15) is 0 Å². The van der Waals surface area contributed by atoms with Gasteiger partial charge in [0.2, 0.25) is 0 Å². The number of phenols is 1. The largest absolute Gasteiger partial charge is 0.507 e. The molecule has 0 aliphatic heterocycles. The summed E-state index contributed by atoms with van der Waals surface area (Å²) in [6, 6.07) is 4.81. The highest BCUT2D eigenvalue weighted by atomic mass is 16.3. The lowest BCUT2D eigenvalue weighted by Crippen LogP contribution is -2.80. The molecule has 0 radical (unpaired) electrons. The summed E-state index contributed by atoms with van der Waals surface area (Å²) in [5.41, 5.74) is -4.01. The number of phenolic OH excluding ortho intramolecular Hbond substituents is 1. The van der Waals surface area contributed by atoms with E-state index in [0.717, 1.165) is 31.8 Å². The minimum absolute atomic E-state index is 0.0198. The number of benzene rings is 1. The van der Waals surface area contributed by atoms with Crippen molar-refractivity contribution in [3.8, 4) is 5.75 Å². The molecule has 1 aromatic carbocycles. The molecule has 3 unspecified atom stereocenters. The number of hydrogen-bond donors (Lipinski definition) is 2. The summed E-state index contributed by atoms with van der Waals surface area (Å²) in [7, 11) is 0. The first-order valence-electron chi connectivity index (χ1n) is 14.9. The predicted molar refractivity (Wildman–Crippen MR) is 154 cm³/mol. The van der Waals surface area contributed by atoms with Crippen molar-refractivity contribution >= 4 is 28.9 Å². The maximum absolute atomic E-state index is 14.7. The van der Waals surface area contributed by atoms with Gasteiger partial charge in [0.15, 0.2) is 28.7 Å². The number of carbonyl (C=O) groups excluding carboxylic acids is 5. The van der Waals surface area contributed by atoms with Crippen molar-refractivity contribution in [2.24, 2.45) is 40.4 Å². The zero-order valence-electron chi connectivity index (χ0n) is 25.4. The van der Waals surface area contributed by atoms with Crippen LogP contribution in [0.2, 0.25) is 0 Å². The van der Waals surface area contributed by atoms with Crippen molar-refractivity contribution in [1.82, 2.24) is 0 Å². The molecule has 41 heavy (non-hydrogen) atoms. The number of aliphatic hydroxyl groups is 1. The summed E-state index contributed by atoms with van der Waals surface area (Å²) in [5, 5.41) is 23.3. The number of aromatic hydroxyl groups is 1. The molecule has 1 aromatic rings. The third-order valence-corrected chi connectivity index (χ3v) is 11.0. The van der Waals surface area contributed by atoms with E-state index in [2.05, 4.69) is 13.5 Å². The minimum Gasteiger partial charge on any atom is -0.507 e. The average molecular weight is 565 g/mol. The fraction of sp³-hybridized carbons (Fsp3) is 0.618. The molecule has 8 atom stereocenters. The zero-order valence-corrected chi connectivity index (χ0v) is 25.4. The second kappa shape index (κ2) is 10.4. The van der Waals surface area contributed by atoms with Crippen LogP contribution in [0.3, 0.4) is 0 Å². The highest BCUT2D eigenvalue weighted by molar-refractivity contribution is 6.32. The van der Waals surface area contributed by atoms with Crippen LogP contribution in [0.25, 0.3) is 0 Å². The van der Waals surface area contributed by atoms with Crippen LogP contribution in [0, 0.1) is 40.4 Å². The van der Waals surface area contributed by atoms with E-state index >= 15 is 0 Å². The van der Waals surface area contributed by atoms with E-state index in [4.69, 9.17) is 0 Å². The van der Waals surface area contributed by atoms with Crippen LogP contribution in [-0.4, -0.2) is 44.7 Å². The Bertz CT molecular complexity index is 1340. The number of carbonyl (C=O) groups is 5. The van der Waals surface area contributed by atoms with Crippen LogP contribution in [0.15, 0.2) is 30.4 Å². The van der Waals surface area contributed by atoms with E-state index in [1.807, 2.05) is 13.8 Å². The Balaban J connectivity index is 2.07. The van der Waals surface area contributed by atoms with Crippen LogP contribution < -0.4 is 0 Å². The molecule has 2 saturated carbocycles. The highest BCUT2D eigenvalue weighted by Gasteiger charge is 2.80. The normalized spacial score (nSPS) is 36.6. The Morgan fingerprint density at radius 2 is 1.71 bits per heavy atom. The summed E-state index contributed by atoms with van der Waals surface area (Å²) in [6.07, 6.45) is 3.89. The lowest BCUT2D eigenvalue weighted by molar-refractivity contribution is -0.224. The minimum atomic E-state index is -2.75. The van der Waals surface area contributed by atoms with Crippen LogP contribution in [0.5, 0.6) is 5.75 Å². The number of ketones is 5. The van der Waals surface area contributed by atoms with Gasteiger partial charge in [-0.25, -0.2) is 0 Å². The van der Waals surface area contributed by atoms with Gasteiger partial charge >= 0.3 is 0 Å². The van der Waals surface area contributed by atoms with Crippen molar-refractivity contribution < 1.29 is 34.2 Å². The quantitative estimate of drug-likeness (QED) is 0.246. The number of unbranched alkanes of at least 4 members (excludes halogenated alkanes) is 2. The number of allylic oxidation sites excluding steroid dienone is 1. The van der Waals surface area contributed by atoms with E-state index in [0.29, 0.717) is 18.4 Å². The average Bonchev–Trinajstić information content (AvgIpc) is 2.88. The molecule has 0 amide bonds. The van der Waals surface area contributed by atoms with Crippen molar-refractivity contribution in [2.45, 2.75) is 92.1 Å². The topological polar surface area (TPSA) is 126 Å². The van der Waals surface area contributed by atoms with Crippen molar-refractivity contribution in [2.75, 3.05) is 0 Å². The van der Waals surface area contributed by atoms with Gasteiger partial charge in [0.25, 0.3) is 0 Å². The van der Waals surface area contributed by atoms with Gasteiger partial charge < -0.3 is 10.2 Å². The van der Waals surface area contributed by atoms with Gasteiger partial charge in [-0.3, -0.25) is 24.0 Å². The van der Waals surface area contributed by atoms with Gasteiger partial charge in [-0.15, -0.1) is 0 Å². The molecule has 4 rings (SSSR count). The fourth-order valence-corrected chi connectivity index (χ4v) is 8.97. The van der Waals surface area contributed by atoms with E-state index in [1.54, 1.807) is 32.9 Å². The van der Waals surface area contributed by atoms with Crippen molar-refractivity contribution in [3.05, 3.63) is 41.5 Å². The van der Waals surface area contributed by atoms with Gasteiger partial charge in [-0.1, -0.05) is 78.7 Å². The number of Topliss-reactive ketones (excluding diaryl/α,β-unsaturated/α-hetero) is 5. The van der Waals surface area contributed by atoms with Crippen LogP contribution >= 0.6 is 0 Å². The van der Waals surface area contributed by atoms with Crippen molar-refractivity contribution in [1.29, 1.82) is 0 Å². The maximum Gasteiger partial charge on any atom is 0.190 e. The SMILES string of the molecule is C=C(CCCCC)C[C@@H]1[C@]2(C)C(C(=O)c3c(O)cccc3[C@H]2C)C(=O)[C@@]2(O)C(=O)C(C(C)=O)C(=O)C(C(C)C)[C@@]12C. The van der Waals surface area contributed by atoms with Gasteiger partial charge in [-0.05, 0) is 61.0 Å². The predicted octanol–water partition coefficient (Wildman–Crippen LogP) is 5.41. The van der Waals surface area contributed by atoms with Crippen LogP contribution in [0.1, 0.15) is 102 Å². The first-order valence-corrected chi connectivity index (χ1v) is 14.9. The second-order valence-electron chi connectivity index (χ2n) is 13.5. The Labute approximate surface area is 242 Å². The molecule has 0 spiro atoms. The Kier molecular flexibility index (Phi) is 7.87. The van der Waals surface area contributed by atoms with E-state index < -0.39 is 80.9 Å². The van der Waals surface area contributed by atoms with Gasteiger partial charge in [0.1, 0.15) is 17.5 Å². The van der Waals surface area contributed by atoms with E-state index in [9.17, 15) is 34.2 Å². The second-order valence-corrected chi connectivity index (χ2v) is 13.5. The molecule has 0 heterocycles. The van der Waals surface area contributed by atoms with Crippen molar-refractivity contribution in [3.63, 3.8) is 0 Å². The molecule has 3 aliphatic rings. The molecule has 3 aliphatic carbocycles. The molecule has 222 valence electrons. The van der Waals surface area contributed by atoms with Crippen LogP contribution in [0.4, 0.5) is 0 Å². The lowest BCUT2D eigenvalue weighted by atomic mass is 9.34. The highest BCUT2D eigenvalue weighted by Crippen LogP contribution is 2.70. The summed E-state index contributed by atoms with van der Waals surface area (Å²) in [5.74, 6) is -10.1. The number of rotatable bonds is 8. The van der Waals surface area contributed by atoms with E-state index in [-0.39, 0.29) is 11.3 Å². The zero-order chi connectivity index (χ0) is 30.8. The summed E-state index contributed by atoms with van der Waals surface area (Å²) in [6.45, 7) is 16.6. The first-order chi connectivity index (χ1) is 19.0. The third kappa shape index (κ3) is 3.98. The smallest absolute Gasteiger partial charge is 0.190 e. The molecule has 7 heteroatoms. The molecule has 0 saturated heterocycles. The van der Waals surface area contributed by atoms with Crippen LogP contribution in [-0.2, 0) is 19.2 Å². The lowest BCUT2D eigenvalue weighted by Gasteiger charge is -2.67. The molecule has 2 fully saturated rings. The molecular formula is C34H44O7. The van der Waals surface area contributed by atoms with Gasteiger partial charge in [0.05, 0.1) is 11.5 Å². The summed E-state index contributed by atoms with van der Waals surface area (Å²) in [4.78, 5) is 69.8. The van der Waals surface area contributed by atoms with Gasteiger partial charge in [0, 0.05) is 11.3 Å². The molecule has 2 N–H and O–H groups in total. The molecule has 0 aromatic heterocycles. The Morgan fingerprint density at radius 1 is 1.07 bits per heavy atom. The Morgan fingerprint density at radius 3 is 2.27 bits per heavy atom. The molecule has 7 nitrogen and oxygen atoms in total. The summed E-state index contributed by atoms with van der Waals surface area (Å²) >= 11 is 0. The third-order valence-electron chi connectivity index (χ3n) is 11.0. The standard InChI is InChI=1S/C34H44O7/c1-9-10-11-13-18(4)16-23-32(7)19(5)21-14-12-15-22(36)25(21)29(38)27(32)31(40)34(41)30(39)24(20(6)35)28(37)26(17(2)3)33(23,34)8/h12,14-15,17,19,23-24,26-27,36,41H,4,9-11,13,16H2,1-3,5-8H3/t19-,23-,24?,26?,27?,32-,33-,34+/m1/s1. The monoisotopic (exact) mass is 564 g/mol. The fourth-order valence-electron chi connectivity index (χ4n) is 8.97. The summed E-state index contributed by atoms with van der Waals surface area (Å²) < 4.78 is 0. The Hall–Kier alpha value is -2.93. The number of hydrogen-bond acceptors (Lipinski definition) is 7. The van der Waals surface area contributed by atoms with E-state index in [1.165, 1.54) is 6.07 Å². The molecule has 0 bridgehead atoms. The first kappa shape index (κ1) is 31.0. The number of fused-ring (bicyclic) bond motifs is 3. The molecular weight excluding hydrogens is 520 g/mol.